The van der Waals surface area contributed by atoms with Crippen molar-refractivity contribution in [2.45, 2.75) is 52.1 Å². The lowest BCUT2D eigenvalue weighted by atomic mass is 10.1. The first-order valence-electron chi connectivity index (χ1n) is 7.29. The molecule has 0 bridgehead atoms. The molecule has 1 atom stereocenters. The Balaban J connectivity index is 1.75. The first kappa shape index (κ1) is 14.3. The van der Waals surface area contributed by atoms with Crippen LogP contribution in [0.25, 0.3) is 0 Å². The molecular formula is C14H24N2O3. The molecule has 1 saturated carbocycles. The van der Waals surface area contributed by atoms with Crippen LogP contribution < -0.4 is 5.48 Å². The Morgan fingerprint density at radius 3 is 2.74 bits per heavy atom. The maximum absolute atomic E-state index is 12.0. The lowest BCUT2D eigenvalue weighted by Crippen LogP contribution is -2.35. The van der Waals surface area contributed by atoms with Crippen LogP contribution in [0.3, 0.4) is 0 Å². The number of carbonyl (C=O) groups excluding carboxylic acids is 2. The molecule has 1 aliphatic heterocycles. The minimum absolute atomic E-state index is 0.0784. The molecule has 1 heterocycles. The molecule has 0 spiro atoms. The van der Waals surface area contributed by atoms with E-state index in [1.165, 1.54) is 12.8 Å². The summed E-state index contributed by atoms with van der Waals surface area (Å²) in [4.78, 5) is 30.9. The topological polar surface area (TPSA) is 58.6 Å². The van der Waals surface area contributed by atoms with E-state index in [1.54, 1.807) is 4.90 Å². The van der Waals surface area contributed by atoms with E-state index >= 15 is 0 Å². The van der Waals surface area contributed by atoms with E-state index in [0.29, 0.717) is 18.9 Å². The molecule has 0 aromatic rings. The number of hydrogen-bond donors (Lipinski definition) is 1. The van der Waals surface area contributed by atoms with Crippen LogP contribution in [0.4, 0.5) is 0 Å². The molecule has 5 heteroatoms. The Labute approximate surface area is 114 Å². The van der Waals surface area contributed by atoms with Gasteiger partial charge in [0.1, 0.15) is 0 Å². The Morgan fingerprint density at radius 1 is 1.42 bits per heavy atom. The van der Waals surface area contributed by atoms with Crippen LogP contribution in [0.2, 0.25) is 0 Å². The molecule has 2 aliphatic rings. The summed E-state index contributed by atoms with van der Waals surface area (Å²) >= 11 is 0. The lowest BCUT2D eigenvalue weighted by Gasteiger charge is -2.19. The fourth-order valence-electron chi connectivity index (χ4n) is 2.80. The molecule has 108 valence electrons. The van der Waals surface area contributed by atoms with E-state index in [2.05, 4.69) is 19.3 Å². The van der Waals surface area contributed by atoms with Crippen LogP contribution in [-0.4, -0.2) is 35.9 Å². The van der Waals surface area contributed by atoms with Gasteiger partial charge in [0.2, 0.25) is 11.8 Å². The molecule has 1 aliphatic carbocycles. The van der Waals surface area contributed by atoms with Crippen molar-refractivity contribution in [3.05, 3.63) is 0 Å². The third-order valence-corrected chi connectivity index (χ3v) is 3.80. The molecule has 2 fully saturated rings. The summed E-state index contributed by atoms with van der Waals surface area (Å²) in [5.41, 5.74) is 2.54. The molecule has 0 aromatic carbocycles. The van der Waals surface area contributed by atoms with Crippen LogP contribution in [0.15, 0.2) is 0 Å². The molecule has 1 unspecified atom stereocenters. The number of carbonyl (C=O) groups is 2. The molecule has 1 N–H and O–H groups in total. The van der Waals surface area contributed by atoms with Gasteiger partial charge in [-0.25, -0.2) is 5.48 Å². The van der Waals surface area contributed by atoms with Crippen molar-refractivity contribution in [1.29, 1.82) is 0 Å². The third kappa shape index (κ3) is 3.93. The number of likely N-dealkylation sites (tertiary alicyclic amines) is 1. The molecule has 2 rings (SSSR count). The van der Waals surface area contributed by atoms with Gasteiger partial charge >= 0.3 is 0 Å². The monoisotopic (exact) mass is 268 g/mol. The van der Waals surface area contributed by atoms with Crippen molar-refractivity contribution in [2.24, 2.45) is 11.8 Å². The van der Waals surface area contributed by atoms with Gasteiger partial charge in [0.15, 0.2) is 0 Å². The molecule has 0 radical (unpaired) electrons. The molecule has 5 nitrogen and oxygen atoms in total. The number of hydrogen-bond acceptors (Lipinski definition) is 3. The van der Waals surface area contributed by atoms with E-state index < -0.39 is 0 Å². The average molecular weight is 268 g/mol. The molecule has 19 heavy (non-hydrogen) atoms. The van der Waals surface area contributed by atoms with Gasteiger partial charge in [-0.1, -0.05) is 26.7 Å². The van der Waals surface area contributed by atoms with Gasteiger partial charge in [-0.3, -0.25) is 14.4 Å². The van der Waals surface area contributed by atoms with Crippen molar-refractivity contribution in [3.63, 3.8) is 0 Å². The predicted molar refractivity (Wildman–Crippen MR) is 71.0 cm³/mol. The standard InChI is InChI=1S/C14H24N2O3/c1-10(2)8-16-9-11(7-13(16)17)14(18)15-19-12-5-3-4-6-12/h10-12H,3-9H2,1-2H3,(H,15,18). The predicted octanol–water partition coefficient (Wildman–Crippen LogP) is 1.48. The van der Waals surface area contributed by atoms with E-state index in [1.807, 2.05) is 0 Å². The fraction of sp³-hybridized carbons (Fsp3) is 0.857. The number of hydroxylamine groups is 1. The molecule has 0 aromatic heterocycles. The first-order valence-corrected chi connectivity index (χ1v) is 7.29. The maximum atomic E-state index is 12.0. The van der Waals surface area contributed by atoms with Crippen LogP contribution in [-0.2, 0) is 14.4 Å². The summed E-state index contributed by atoms with van der Waals surface area (Å²) in [6, 6.07) is 0. The zero-order valence-electron chi connectivity index (χ0n) is 11.9. The molecule has 1 saturated heterocycles. The maximum Gasteiger partial charge on any atom is 0.248 e. The summed E-state index contributed by atoms with van der Waals surface area (Å²) in [7, 11) is 0. The summed E-state index contributed by atoms with van der Waals surface area (Å²) < 4.78 is 0. The van der Waals surface area contributed by atoms with Gasteiger partial charge < -0.3 is 4.90 Å². The number of nitrogens with zero attached hydrogens (tertiary/aromatic N) is 1. The van der Waals surface area contributed by atoms with E-state index in [9.17, 15) is 9.59 Å². The highest BCUT2D eigenvalue weighted by Gasteiger charge is 2.34. The van der Waals surface area contributed by atoms with Gasteiger partial charge in [-0.05, 0) is 18.8 Å². The van der Waals surface area contributed by atoms with Gasteiger partial charge in [-0.15, -0.1) is 0 Å². The van der Waals surface area contributed by atoms with E-state index in [-0.39, 0.29) is 23.8 Å². The summed E-state index contributed by atoms with van der Waals surface area (Å²) in [5, 5.41) is 0. The lowest BCUT2D eigenvalue weighted by molar-refractivity contribution is -0.142. The van der Waals surface area contributed by atoms with Gasteiger partial charge in [0.25, 0.3) is 0 Å². The van der Waals surface area contributed by atoms with E-state index in [0.717, 1.165) is 19.4 Å². The van der Waals surface area contributed by atoms with Crippen molar-refractivity contribution in [1.82, 2.24) is 10.4 Å². The van der Waals surface area contributed by atoms with Gasteiger partial charge in [-0.2, -0.15) is 0 Å². The normalized spacial score (nSPS) is 24.5. The highest BCUT2D eigenvalue weighted by Crippen LogP contribution is 2.22. The van der Waals surface area contributed by atoms with Crippen LogP contribution in [0.1, 0.15) is 46.0 Å². The van der Waals surface area contributed by atoms with Crippen LogP contribution >= 0.6 is 0 Å². The highest BCUT2D eigenvalue weighted by molar-refractivity contribution is 5.88. The smallest absolute Gasteiger partial charge is 0.248 e. The average Bonchev–Trinajstić information content (AvgIpc) is 2.96. The largest absolute Gasteiger partial charge is 0.342 e. The van der Waals surface area contributed by atoms with E-state index in [4.69, 9.17) is 4.84 Å². The third-order valence-electron chi connectivity index (χ3n) is 3.80. The Bertz CT molecular complexity index is 338. The van der Waals surface area contributed by atoms with Crippen LogP contribution in [0, 0.1) is 11.8 Å². The summed E-state index contributed by atoms with van der Waals surface area (Å²) in [6.07, 6.45) is 4.85. The Morgan fingerprint density at radius 2 is 2.11 bits per heavy atom. The number of nitrogens with one attached hydrogen (secondary N) is 1. The second kappa shape index (κ2) is 6.37. The van der Waals surface area contributed by atoms with Gasteiger partial charge in [0.05, 0.1) is 12.0 Å². The molecule has 2 amide bonds. The van der Waals surface area contributed by atoms with Crippen molar-refractivity contribution < 1.29 is 14.4 Å². The van der Waals surface area contributed by atoms with Crippen molar-refractivity contribution >= 4 is 11.8 Å². The second-order valence-corrected chi connectivity index (χ2v) is 6.08. The minimum Gasteiger partial charge on any atom is -0.342 e. The minimum atomic E-state index is -0.257. The van der Waals surface area contributed by atoms with Crippen LogP contribution in [0.5, 0.6) is 0 Å². The summed E-state index contributed by atoms with van der Waals surface area (Å²) in [5.74, 6) is 0.106. The quantitative estimate of drug-likeness (QED) is 0.768. The zero-order chi connectivity index (χ0) is 13.8. The summed E-state index contributed by atoms with van der Waals surface area (Å²) in [6.45, 7) is 5.40. The molecular weight excluding hydrogens is 244 g/mol. The number of amides is 2. The first-order chi connectivity index (χ1) is 9.06. The number of rotatable bonds is 5. The van der Waals surface area contributed by atoms with Gasteiger partial charge in [0, 0.05) is 19.5 Å². The fourth-order valence-corrected chi connectivity index (χ4v) is 2.80. The SMILES string of the molecule is CC(C)CN1CC(C(=O)NOC2CCCC2)CC1=O. The Hall–Kier alpha value is -1.10. The van der Waals surface area contributed by atoms with Crippen molar-refractivity contribution in [3.8, 4) is 0 Å². The Kier molecular flexibility index (Phi) is 4.80. The zero-order valence-corrected chi connectivity index (χ0v) is 11.9. The second-order valence-electron chi connectivity index (χ2n) is 6.08. The van der Waals surface area contributed by atoms with Crippen molar-refractivity contribution in [2.75, 3.05) is 13.1 Å². The highest BCUT2D eigenvalue weighted by atomic mass is 16.7.